The van der Waals surface area contributed by atoms with Crippen molar-refractivity contribution in [1.29, 1.82) is 0 Å². The SMILES string of the molecule is O=C1Nc2cc(Nc3nc(N4CCC(CNCC(F)F)CC4)c4occc4n3)ccc2OC1(F)F. The van der Waals surface area contributed by atoms with Crippen LogP contribution < -0.4 is 25.6 Å². The minimum Gasteiger partial charge on any atom is -0.459 e. The molecular weight excluding hydrogens is 472 g/mol. The van der Waals surface area contributed by atoms with E-state index < -0.39 is 18.4 Å². The normalized spacial score (nSPS) is 17.9. The molecule has 0 atom stereocenters. The van der Waals surface area contributed by atoms with Crippen LogP contribution in [0.4, 0.5) is 40.7 Å². The van der Waals surface area contributed by atoms with Crippen LogP contribution in [0, 0.1) is 5.92 Å². The fourth-order valence-corrected chi connectivity index (χ4v) is 4.17. The van der Waals surface area contributed by atoms with Crippen molar-refractivity contribution in [1.82, 2.24) is 15.3 Å². The van der Waals surface area contributed by atoms with Gasteiger partial charge in [-0.15, -0.1) is 0 Å². The van der Waals surface area contributed by atoms with Gasteiger partial charge in [0, 0.05) is 24.8 Å². The monoisotopic (exact) mass is 494 g/mol. The van der Waals surface area contributed by atoms with Crippen molar-refractivity contribution in [3.05, 3.63) is 30.5 Å². The summed E-state index contributed by atoms with van der Waals surface area (Å²) in [4.78, 5) is 22.6. The third-order valence-electron chi connectivity index (χ3n) is 5.92. The summed E-state index contributed by atoms with van der Waals surface area (Å²) < 4.78 is 61.7. The number of amides is 1. The minimum atomic E-state index is -3.93. The molecule has 0 spiro atoms. The largest absolute Gasteiger partial charge is 0.482 e. The second kappa shape index (κ2) is 9.21. The Morgan fingerprint density at radius 2 is 2.00 bits per heavy atom. The molecule has 3 N–H and O–H groups in total. The van der Waals surface area contributed by atoms with Crippen molar-refractivity contribution >= 4 is 40.1 Å². The zero-order valence-electron chi connectivity index (χ0n) is 18.4. The molecule has 4 heterocycles. The van der Waals surface area contributed by atoms with Crippen molar-refractivity contribution in [2.45, 2.75) is 25.4 Å². The Labute approximate surface area is 196 Å². The highest BCUT2D eigenvalue weighted by molar-refractivity contribution is 5.99. The van der Waals surface area contributed by atoms with E-state index >= 15 is 0 Å². The summed E-state index contributed by atoms with van der Waals surface area (Å²) in [5, 5.41) is 7.96. The van der Waals surface area contributed by atoms with E-state index in [-0.39, 0.29) is 29.8 Å². The summed E-state index contributed by atoms with van der Waals surface area (Å²) in [6.45, 7) is 1.57. The standard InChI is InChI=1S/C22H22F4N6O3/c23-17(24)11-27-10-12-3-6-32(7-4-12)19-18-14(5-8-34-18)30-21(31-19)28-13-1-2-16-15(9-13)29-20(33)22(25,26)35-16/h1-2,5,8-9,12,17,27H,3-4,6-7,10-11H2,(H,29,33)(H,28,30,31). The molecule has 2 aliphatic heterocycles. The molecule has 0 bridgehead atoms. The van der Waals surface area contributed by atoms with Gasteiger partial charge in [0.25, 0.3) is 6.43 Å². The Bertz CT molecular complexity index is 1230. The van der Waals surface area contributed by atoms with Crippen LogP contribution in [0.2, 0.25) is 0 Å². The number of nitrogens with zero attached hydrogens (tertiary/aromatic N) is 3. The fourth-order valence-electron chi connectivity index (χ4n) is 4.17. The number of furan rings is 1. The second-order valence-corrected chi connectivity index (χ2v) is 8.39. The van der Waals surface area contributed by atoms with Crippen molar-refractivity contribution < 1.29 is 31.5 Å². The number of hydrogen-bond acceptors (Lipinski definition) is 8. The number of benzene rings is 1. The van der Waals surface area contributed by atoms with Crippen molar-refractivity contribution in [3.63, 3.8) is 0 Å². The summed E-state index contributed by atoms with van der Waals surface area (Å²) in [6.07, 6.45) is -3.17. The number of aromatic nitrogens is 2. The first-order valence-electron chi connectivity index (χ1n) is 11.1. The number of hydrogen-bond donors (Lipinski definition) is 3. The van der Waals surface area contributed by atoms with Crippen LogP contribution in [0.5, 0.6) is 5.75 Å². The lowest BCUT2D eigenvalue weighted by atomic mass is 9.97. The molecule has 0 aliphatic carbocycles. The van der Waals surface area contributed by atoms with E-state index in [4.69, 9.17) is 4.42 Å². The lowest BCUT2D eigenvalue weighted by Crippen LogP contribution is -2.43. The molecule has 5 rings (SSSR count). The molecule has 0 radical (unpaired) electrons. The summed E-state index contributed by atoms with van der Waals surface area (Å²) in [5.41, 5.74) is 1.65. The fraction of sp³-hybridized carbons (Fsp3) is 0.409. The number of alkyl halides is 4. The van der Waals surface area contributed by atoms with E-state index in [1.54, 1.807) is 6.07 Å². The summed E-state index contributed by atoms with van der Waals surface area (Å²) in [5.74, 6) is -0.568. The van der Waals surface area contributed by atoms with Gasteiger partial charge in [-0.05, 0) is 43.5 Å². The summed E-state index contributed by atoms with van der Waals surface area (Å²) >= 11 is 0. The average molecular weight is 494 g/mol. The van der Waals surface area contributed by atoms with Crippen LogP contribution in [-0.2, 0) is 4.79 Å². The molecule has 35 heavy (non-hydrogen) atoms. The molecule has 13 heteroatoms. The number of nitrogens with one attached hydrogen (secondary N) is 3. The Hall–Kier alpha value is -3.61. The number of piperidine rings is 1. The molecule has 186 valence electrons. The van der Waals surface area contributed by atoms with E-state index in [1.165, 1.54) is 24.5 Å². The van der Waals surface area contributed by atoms with Gasteiger partial charge >= 0.3 is 12.0 Å². The van der Waals surface area contributed by atoms with Gasteiger partial charge in [-0.2, -0.15) is 13.8 Å². The van der Waals surface area contributed by atoms with Crippen LogP contribution in [0.1, 0.15) is 12.8 Å². The van der Waals surface area contributed by atoms with Gasteiger partial charge in [0.2, 0.25) is 5.95 Å². The Balaban J connectivity index is 1.32. The zero-order chi connectivity index (χ0) is 24.6. The number of anilines is 4. The maximum Gasteiger partial charge on any atom is 0.482 e. The second-order valence-electron chi connectivity index (χ2n) is 8.39. The number of fused-ring (bicyclic) bond motifs is 2. The van der Waals surface area contributed by atoms with Gasteiger partial charge in [0.05, 0.1) is 18.5 Å². The lowest BCUT2D eigenvalue weighted by Gasteiger charge is -2.33. The summed E-state index contributed by atoms with van der Waals surface area (Å²) in [7, 11) is 0. The first-order chi connectivity index (χ1) is 16.8. The van der Waals surface area contributed by atoms with E-state index in [0.717, 1.165) is 12.8 Å². The molecule has 2 aromatic heterocycles. The number of ether oxygens (including phenoxy) is 1. The number of carbonyl (C=O) groups excluding carboxylic acids is 1. The van der Waals surface area contributed by atoms with E-state index in [9.17, 15) is 22.4 Å². The topological polar surface area (TPSA) is 105 Å². The molecule has 1 amide bonds. The number of rotatable bonds is 7. The van der Waals surface area contributed by atoms with Gasteiger partial charge in [0.15, 0.2) is 17.2 Å². The molecule has 1 saturated heterocycles. The Kier molecular flexibility index (Phi) is 6.09. The highest BCUT2D eigenvalue weighted by Crippen LogP contribution is 2.38. The first kappa shape index (κ1) is 23.1. The number of carbonyl (C=O) groups is 1. The average Bonchev–Trinajstić information content (AvgIpc) is 3.28. The van der Waals surface area contributed by atoms with Crippen LogP contribution in [0.25, 0.3) is 11.1 Å². The highest BCUT2D eigenvalue weighted by Gasteiger charge is 2.46. The third kappa shape index (κ3) is 4.94. The van der Waals surface area contributed by atoms with Crippen molar-refractivity contribution in [2.24, 2.45) is 5.92 Å². The molecule has 2 aliphatic rings. The van der Waals surface area contributed by atoms with Gasteiger partial charge < -0.3 is 30.0 Å². The van der Waals surface area contributed by atoms with Crippen LogP contribution in [-0.4, -0.2) is 54.6 Å². The van der Waals surface area contributed by atoms with Gasteiger partial charge in [-0.1, -0.05) is 0 Å². The first-order valence-corrected chi connectivity index (χ1v) is 11.1. The smallest absolute Gasteiger partial charge is 0.459 e. The Morgan fingerprint density at radius 3 is 2.77 bits per heavy atom. The molecule has 9 nitrogen and oxygen atoms in total. The number of halogens is 4. The third-order valence-corrected chi connectivity index (χ3v) is 5.92. The van der Waals surface area contributed by atoms with Crippen molar-refractivity contribution in [2.75, 3.05) is 41.7 Å². The molecule has 1 aromatic carbocycles. The molecule has 0 unspecified atom stereocenters. The maximum absolute atomic E-state index is 13.5. The molecule has 3 aromatic rings. The van der Waals surface area contributed by atoms with Crippen LogP contribution in [0.3, 0.4) is 0 Å². The lowest BCUT2D eigenvalue weighted by molar-refractivity contribution is -0.189. The van der Waals surface area contributed by atoms with E-state index in [1.807, 2.05) is 0 Å². The predicted octanol–water partition coefficient (Wildman–Crippen LogP) is 3.96. The molecule has 1 fully saturated rings. The van der Waals surface area contributed by atoms with Crippen molar-refractivity contribution in [3.8, 4) is 5.75 Å². The maximum atomic E-state index is 13.5. The zero-order valence-corrected chi connectivity index (χ0v) is 18.4. The van der Waals surface area contributed by atoms with Gasteiger partial charge in [0.1, 0.15) is 5.52 Å². The molecular formula is C22H22F4N6O3. The van der Waals surface area contributed by atoms with Gasteiger partial charge in [-0.25, -0.2) is 13.8 Å². The Morgan fingerprint density at radius 1 is 1.20 bits per heavy atom. The molecule has 0 saturated carbocycles. The predicted molar refractivity (Wildman–Crippen MR) is 120 cm³/mol. The minimum absolute atomic E-state index is 0.0954. The highest BCUT2D eigenvalue weighted by atomic mass is 19.3. The van der Waals surface area contributed by atoms with E-state index in [2.05, 4.69) is 35.6 Å². The van der Waals surface area contributed by atoms with E-state index in [0.29, 0.717) is 42.2 Å². The van der Waals surface area contributed by atoms with Crippen LogP contribution in [0.15, 0.2) is 34.9 Å². The van der Waals surface area contributed by atoms with Crippen LogP contribution >= 0.6 is 0 Å². The summed E-state index contributed by atoms with van der Waals surface area (Å²) in [6, 6.07) is 5.97. The quantitative estimate of drug-likeness (QED) is 0.424. The van der Waals surface area contributed by atoms with Gasteiger partial charge in [-0.3, -0.25) is 4.79 Å².